The molecule has 1 unspecified atom stereocenters. The van der Waals surface area contributed by atoms with Gasteiger partial charge < -0.3 is 10.2 Å². The van der Waals surface area contributed by atoms with Gasteiger partial charge in [-0.2, -0.15) is 0 Å². The summed E-state index contributed by atoms with van der Waals surface area (Å²) in [7, 11) is 0. The number of aromatic nitrogens is 1. The first-order valence-corrected chi connectivity index (χ1v) is 7.34. The SMILES string of the molecule is CC(C)CN(CC(=O)Nc1nccs1)C(=O)C(C)Cl. The lowest BCUT2D eigenvalue weighted by Crippen LogP contribution is -2.43. The van der Waals surface area contributed by atoms with E-state index in [9.17, 15) is 9.59 Å². The Morgan fingerprint density at radius 3 is 2.63 bits per heavy atom. The number of carbonyl (C=O) groups is 2. The molecule has 5 nitrogen and oxygen atoms in total. The Morgan fingerprint density at radius 1 is 1.47 bits per heavy atom. The maximum absolute atomic E-state index is 11.9. The van der Waals surface area contributed by atoms with Crippen LogP contribution in [-0.2, 0) is 9.59 Å². The number of amides is 2. The van der Waals surface area contributed by atoms with Crippen LogP contribution in [0.25, 0.3) is 0 Å². The summed E-state index contributed by atoms with van der Waals surface area (Å²) in [6, 6.07) is 0. The summed E-state index contributed by atoms with van der Waals surface area (Å²) in [5.74, 6) is -0.224. The third kappa shape index (κ3) is 5.57. The molecule has 0 aliphatic rings. The average molecular weight is 304 g/mol. The van der Waals surface area contributed by atoms with Gasteiger partial charge in [-0.05, 0) is 12.8 Å². The van der Waals surface area contributed by atoms with Crippen LogP contribution in [0.15, 0.2) is 11.6 Å². The topological polar surface area (TPSA) is 62.3 Å². The smallest absolute Gasteiger partial charge is 0.245 e. The van der Waals surface area contributed by atoms with E-state index in [2.05, 4.69) is 10.3 Å². The maximum Gasteiger partial charge on any atom is 0.245 e. The molecule has 1 aromatic heterocycles. The first kappa shape index (κ1) is 15.9. The second kappa shape index (κ2) is 7.45. The van der Waals surface area contributed by atoms with Crippen LogP contribution in [0.4, 0.5) is 5.13 Å². The average Bonchev–Trinajstić information content (AvgIpc) is 2.78. The number of halogens is 1. The number of nitrogens with zero attached hydrogens (tertiary/aromatic N) is 2. The van der Waals surface area contributed by atoms with Gasteiger partial charge >= 0.3 is 0 Å². The van der Waals surface area contributed by atoms with Crippen LogP contribution in [0.3, 0.4) is 0 Å². The molecule has 1 heterocycles. The number of anilines is 1. The van der Waals surface area contributed by atoms with Crippen molar-refractivity contribution in [2.75, 3.05) is 18.4 Å². The molecule has 0 fully saturated rings. The standard InChI is InChI=1S/C12H18ClN3O2S/c1-8(2)6-16(11(18)9(3)13)7-10(17)15-12-14-4-5-19-12/h4-5,8-9H,6-7H2,1-3H3,(H,14,15,17). The van der Waals surface area contributed by atoms with Crippen molar-refractivity contribution >= 4 is 39.9 Å². The van der Waals surface area contributed by atoms with Crippen LogP contribution >= 0.6 is 22.9 Å². The Bertz CT molecular complexity index is 421. The van der Waals surface area contributed by atoms with Gasteiger partial charge in [0.05, 0.1) is 6.54 Å². The molecule has 2 amide bonds. The summed E-state index contributed by atoms with van der Waals surface area (Å²) in [6.07, 6.45) is 1.61. The summed E-state index contributed by atoms with van der Waals surface area (Å²) < 4.78 is 0. The van der Waals surface area contributed by atoms with Gasteiger partial charge in [0, 0.05) is 18.1 Å². The Morgan fingerprint density at radius 2 is 2.16 bits per heavy atom. The minimum absolute atomic E-state index is 0.00630. The van der Waals surface area contributed by atoms with Crippen molar-refractivity contribution in [3.05, 3.63) is 11.6 Å². The zero-order chi connectivity index (χ0) is 14.4. The van der Waals surface area contributed by atoms with Gasteiger partial charge in [-0.25, -0.2) is 4.98 Å². The third-order valence-electron chi connectivity index (χ3n) is 2.25. The monoisotopic (exact) mass is 303 g/mol. The van der Waals surface area contributed by atoms with Crippen LogP contribution in [0.1, 0.15) is 20.8 Å². The van der Waals surface area contributed by atoms with E-state index in [1.165, 1.54) is 16.2 Å². The third-order valence-corrected chi connectivity index (χ3v) is 3.13. The number of thiazole rings is 1. The number of nitrogens with one attached hydrogen (secondary N) is 1. The lowest BCUT2D eigenvalue weighted by atomic mass is 10.2. The van der Waals surface area contributed by atoms with E-state index in [0.29, 0.717) is 11.7 Å². The zero-order valence-corrected chi connectivity index (χ0v) is 12.8. The Kier molecular flexibility index (Phi) is 6.24. The maximum atomic E-state index is 11.9. The second-order valence-electron chi connectivity index (χ2n) is 4.61. The van der Waals surface area contributed by atoms with E-state index < -0.39 is 5.38 Å². The predicted molar refractivity (Wildman–Crippen MR) is 77.5 cm³/mol. The fourth-order valence-electron chi connectivity index (χ4n) is 1.54. The van der Waals surface area contributed by atoms with Crippen molar-refractivity contribution in [2.45, 2.75) is 26.1 Å². The van der Waals surface area contributed by atoms with E-state index in [1.807, 2.05) is 13.8 Å². The minimum atomic E-state index is -0.633. The van der Waals surface area contributed by atoms with E-state index in [1.54, 1.807) is 18.5 Å². The molecule has 1 aromatic rings. The molecule has 7 heteroatoms. The first-order chi connectivity index (χ1) is 8.90. The summed E-state index contributed by atoms with van der Waals surface area (Å²) in [4.78, 5) is 29.2. The van der Waals surface area contributed by atoms with E-state index in [4.69, 9.17) is 11.6 Å². The van der Waals surface area contributed by atoms with Crippen molar-refractivity contribution in [2.24, 2.45) is 5.92 Å². The van der Waals surface area contributed by atoms with Crippen LogP contribution < -0.4 is 5.32 Å². The van der Waals surface area contributed by atoms with E-state index >= 15 is 0 Å². The molecule has 106 valence electrons. The highest BCUT2D eigenvalue weighted by Crippen LogP contribution is 2.11. The predicted octanol–water partition coefficient (Wildman–Crippen LogP) is 2.19. The molecule has 0 aromatic carbocycles. The summed E-state index contributed by atoms with van der Waals surface area (Å²) in [5.41, 5.74) is 0. The van der Waals surface area contributed by atoms with Gasteiger partial charge in [-0.15, -0.1) is 22.9 Å². The first-order valence-electron chi connectivity index (χ1n) is 6.02. The van der Waals surface area contributed by atoms with Crippen LogP contribution in [0.2, 0.25) is 0 Å². The van der Waals surface area contributed by atoms with Crippen molar-refractivity contribution in [1.82, 2.24) is 9.88 Å². The molecule has 0 aliphatic heterocycles. The van der Waals surface area contributed by atoms with E-state index in [-0.39, 0.29) is 24.3 Å². The molecule has 0 spiro atoms. The fraction of sp³-hybridized carbons (Fsp3) is 0.583. The largest absolute Gasteiger partial charge is 0.332 e. The number of hydrogen-bond acceptors (Lipinski definition) is 4. The molecule has 0 radical (unpaired) electrons. The molecule has 19 heavy (non-hydrogen) atoms. The molecule has 1 rings (SSSR count). The van der Waals surface area contributed by atoms with Crippen LogP contribution in [-0.4, -0.2) is 40.2 Å². The molecule has 1 N–H and O–H groups in total. The highest BCUT2D eigenvalue weighted by Gasteiger charge is 2.22. The second-order valence-corrected chi connectivity index (χ2v) is 6.16. The van der Waals surface area contributed by atoms with Gasteiger partial charge in [0.2, 0.25) is 11.8 Å². The molecular weight excluding hydrogens is 286 g/mol. The highest BCUT2D eigenvalue weighted by atomic mass is 35.5. The molecule has 1 atom stereocenters. The molecule has 0 bridgehead atoms. The lowest BCUT2D eigenvalue weighted by Gasteiger charge is -2.24. The molecular formula is C12H18ClN3O2S. The molecule has 0 saturated carbocycles. The quantitative estimate of drug-likeness (QED) is 0.820. The number of carbonyl (C=O) groups excluding carboxylic acids is 2. The number of hydrogen-bond donors (Lipinski definition) is 1. The zero-order valence-electron chi connectivity index (χ0n) is 11.2. The van der Waals surface area contributed by atoms with Crippen molar-refractivity contribution in [3.8, 4) is 0 Å². The summed E-state index contributed by atoms with van der Waals surface area (Å²) in [5, 5.41) is 4.32. The van der Waals surface area contributed by atoms with Gasteiger partial charge in [0.25, 0.3) is 0 Å². The Balaban J connectivity index is 2.61. The van der Waals surface area contributed by atoms with E-state index in [0.717, 1.165) is 0 Å². The van der Waals surface area contributed by atoms with Crippen LogP contribution in [0.5, 0.6) is 0 Å². The van der Waals surface area contributed by atoms with Crippen molar-refractivity contribution in [1.29, 1.82) is 0 Å². The van der Waals surface area contributed by atoms with Gasteiger partial charge in [-0.3, -0.25) is 9.59 Å². The Labute approximate surface area is 122 Å². The highest BCUT2D eigenvalue weighted by molar-refractivity contribution is 7.13. The number of alkyl halides is 1. The van der Waals surface area contributed by atoms with Gasteiger partial charge in [0.1, 0.15) is 5.38 Å². The van der Waals surface area contributed by atoms with Gasteiger partial charge in [0.15, 0.2) is 5.13 Å². The lowest BCUT2D eigenvalue weighted by molar-refractivity contribution is -0.134. The molecule has 0 saturated heterocycles. The summed E-state index contributed by atoms with van der Waals surface area (Å²) >= 11 is 7.13. The fourth-order valence-corrected chi connectivity index (χ4v) is 2.23. The van der Waals surface area contributed by atoms with Crippen molar-refractivity contribution < 1.29 is 9.59 Å². The van der Waals surface area contributed by atoms with Gasteiger partial charge in [-0.1, -0.05) is 13.8 Å². The summed E-state index contributed by atoms with van der Waals surface area (Å²) in [6.45, 7) is 6.07. The number of rotatable bonds is 6. The van der Waals surface area contributed by atoms with Crippen LogP contribution in [0, 0.1) is 5.92 Å². The Hall–Kier alpha value is -1.14. The molecule has 0 aliphatic carbocycles. The normalized spacial score (nSPS) is 12.3. The minimum Gasteiger partial charge on any atom is -0.332 e. The van der Waals surface area contributed by atoms with Crippen molar-refractivity contribution in [3.63, 3.8) is 0 Å².